The van der Waals surface area contributed by atoms with E-state index < -0.39 is 21.1 Å². The second-order valence-corrected chi connectivity index (χ2v) is 8.89. The van der Waals surface area contributed by atoms with Crippen molar-refractivity contribution in [1.29, 1.82) is 0 Å². The molecule has 13 heteroatoms. The molecule has 2 heterocycles. The van der Waals surface area contributed by atoms with Crippen LogP contribution >= 0.6 is 23.1 Å². The number of aliphatic imine (C=N–C) groups is 3. The maximum Gasteiger partial charge on any atom is 0.249 e. The van der Waals surface area contributed by atoms with Crippen molar-refractivity contribution in [2.45, 2.75) is 17.9 Å². The summed E-state index contributed by atoms with van der Waals surface area (Å²) in [5, 5.41) is 1.08. The fourth-order valence-electron chi connectivity index (χ4n) is 2.19. The number of rotatable bonds is 7. The van der Waals surface area contributed by atoms with Gasteiger partial charge in [-0.2, -0.15) is 16.8 Å². The second-order valence-electron chi connectivity index (χ2n) is 5.19. The average Bonchev–Trinajstić information content (AvgIpc) is 3.07. The lowest BCUT2D eigenvalue weighted by atomic mass is 10.2. The predicted octanol–water partition coefficient (Wildman–Crippen LogP) is -0.359. The fraction of sp³-hybridized carbons (Fsp3) is 0.462. The van der Waals surface area contributed by atoms with Gasteiger partial charge in [0.15, 0.2) is 22.8 Å². The Morgan fingerprint density at radius 2 is 2.19 bits per heavy atom. The van der Waals surface area contributed by atoms with Crippen LogP contribution in [0, 0.1) is 0 Å². The average molecular weight is 418 g/mol. The van der Waals surface area contributed by atoms with E-state index in [-0.39, 0.29) is 17.5 Å². The van der Waals surface area contributed by atoms with Crippen molar-refractivity contribution in [2.24, 2.45) is 26.4 Å². The van der Waals surface area contributed by atoms with Gasteiger partial charge in [0.25, 0.3) is 0 Å². The highest BCUT2D eigenvalue weighted by Gasteiger charge is 2.44. The van der Waals surface area contributed by atoms with Gasteiger partial charge in [-0.3, -0.25) is 19.5 Å². The van der Waals surface area contributed by atoms with Gasteiger partial charge in [0.1, 0.15) is 5.71 Å². The van der Waals surface area contributed by atoms with Crippen LogP contribution in [0.2, 0.25) is 0 Å². The van der Waals surface area contributed by atoms with Crippen LogP contribution < -0.4 is 16.2 Å². The second kappa shape index (κ2) is 8.60. The Labute approximate surface area is 159 Å². The summed E-state index contributed by atoms with van der Waals surface area (Å²) >= 11 is 2.92. The number of amidine groups is 1. The number of carbonyl (C=O) groups is 1. The van der Waals surface area contributed by atoms with E-state index >= 15 is 0 Å². The van der Waals surface area contributed by atoms with Gasteiger partial charge < -0.3 is 11.5 Å². The van der Waals surface area contributed by atoms with Gasteiger partial charge in [-0.25, -0.2) is 13.4 Å². The van der Waals surface area contributed by atoms with E-state index in [4.69, 9.17) is 11.5 Å². The van der Waals surface area contributed by atoms with Crippen molar-refractivity contribution in [1.82, 2.24) is 9.71 Å². The van der Waals surface area contributed by atoms with Crippen LogP contribution in [0.3, 0.4) is 0 Å². The third-order valence-electron chi connectivity index (χ3n) is 3.17. The first kappa shape index (κ1) is 20.3. The molecule has 1 aliphatic rings. The molecule has 2 rings (SSSR count). The zero-order valence-corrected chi connectivity index (χ0v) is 16.6. The molecule has 1 aromatic rings. The topological polar surface area (TPSA) is 165 Å². The van der Waals surface area contributed by atoms with Crippen molar-refractivity contribution >= 4 is 61.5 Å². The molecule has 1 aliphatic heterocycles. The number of guanidine groups is 1. The van der Waals surface area contributed by atoms with E-state index in [0.717, 1.165) is 5.69 Å². The van der Waals surface area contributed by atoms with Crippen molar-refractivity contribution in [3.63, 3.8) is 0 Å². The Kier molecular flexibility index (Phi) is 6.72. The monoisotopic (exact) mass is 417 g/mol. The lowest BCUT2D eigenvalue weighted by Crippen LogP contribution is -2.32. The van der Waals surface area contributed by atoms with Crippen LogP contribution in [-0.4, -0.2) is 61.3 Å². The Bertz CT molecular complexity index is 869. The van der Waals surface area contributed by atoms with Gasteiger partial charge >= 0.3 is 0 Å². The maximum absolute atomic E-state index is 12.0. The van der Waals surface area contributed by atoms with Crippen molar-refractivity contribution in [3.8, 4) is 0 Å². The fourth-order valence-corrected chi connectivity index (χ4v) is 5.22. The number of sulfonamides is 1. The molecule has 0 amide bonds. The van der Waals surface area contributed by atoms with E-state index in [2.05, 4.69) is 24.7 Å². The summed E-state index contributed by atoms with van der Waals surface area (Å²) in [4.78, 5) is 27.9. The van der Waals surface area contributed by atoms with Gasteiger partial charge in [-0.15, -0.1) is 11.3 Å². The maximum atomic E-state index is 12.0. The standard InChI is InChI=1S/C13H19N7O3S3/c1-7(21)10-9(16-2)11(20-26(10,22)23)17-3-4-24-5-8-6-25-13(18-8)19-12(14)15/h6,10H,3-5H2,1-2H3,(H,17,20)(H4,14,15,18,19). The number of hydrogen-bond donors (Lipinski definition) is 3. The van der Waals surface area contributed by atoms with Crippen LogP contribution in [-0.2, 0) is 20.6 Å². The molecule has 1 fully saturated rings. The summed E-state index contributed by atoms with van der Waals surface area (Å²) in [5.74, 6) is 0.903. The lowest BCUT2D eigenvalue weighted by Gasteiger charge is -2.02. The zero-order chi connectivity index (χ0) is 19.3. The third-order valence-corrected chi connectivity index (χ3v) is 6.58. The number of nitrogens with two attached hydrogens (primary N) is 2. The van der Waals surface area contributed by atoms with Crippen molar-refractivity contribution < 1.29 is 13.2 Å². The minimum absolute atomic E-state index is 0.0364. The minimum Gasteiger partial charge on any atom is -0.370 e. The Hall–Kier alpha value is -1.99. The highest BCUT2D eigenvalue weighted by molar-refractivity contribution is 7.98. The molecule has 26 heavy (non-hydrogen) atoms. The van der Waals surface area contributed by atoms with Crippen LogP contribution in [0.1, 0.15) is 12.6 Å². The summed E-state index contributed by atoms with van der Waals surface area (Å²) < 4.78 is 26.3. The van der Waals surface area contributed by atoms with E-state index in [0.29, 0.717) is 23.2 Å². The molecular formula is C13H19N7O3S3. The quantitative estimate of drug-likeness (QED) is 0.309. The van der Waals surface area contributed by atoms with E-state index in [1.54, 1.807) is 11.8 Å². The van der Waals surface area contributed by atoms with E-state index in [1.807, 2.05) is 5.38 Å². The van der Waals surface area contributed by atoms with Crippen LogP contribution in [0.15, 0.2) is 20.4 Å². The summed E-state index contributed by atoms with van der Waals surface area (Å²) in [5.41, 5.74) is 11.6. The molecule has 0 bridgehead atoms. The summed E-state index contributed by atoms with van der Waals surface area (Å²) in [6.45, 7) is 1.59. The number of Topliss-reactive ketones (excluding diaryl/α,β-unsaturated/α-hetero) is 1. The number of aromatic nitrogens is 1. The molecule has 1 atom stereocenters. The first-order valence-corrected chi connectivity index (χ1v) is 11.0. The zero-order valence-electron chi connectivity index (χ0n) is 14.2. The first-order chi connectivity index (χ1) is 12.2. The lowest BCUT2D eigenvalue weighted by molar-refractivity contribution is -0.115. The first-order valence-electron chi connectivity index (χ1n) is 7.40. The highest BCUT2D eigenvalue weighted by atomic mass is 32.2. The van der Waals surface area contributed by atoms with Crippen molar-refractivity contribution in [3.05, 3.63) is 11.1 Å². The number of nitrogens with one attached hydrogen (secondary N) is 1. The number of ketones is 1. The number of carbonyl (C=O) groups excluding carboxylic acids is 1. The summed E-state index contributed by atoms with van der Waals surface area (Å²) in [6.07, 6.45) is 0. The Balaban J connectivity index is 1.90. The van der Waals surface area contributed by atoms with Crippen LogP contribution in [0.25, 0.3) is 0 Å². The third kappa shape index (κ3) is 5.02. The van der Waals surface area contributed by atoms with Crippen LogP contribution in [0.4, 0.5) is 5.13 Å². The number of hydrogen-bond acceptors (Lipinski definition) is 9. The molecule has 0 saturated carbocycles. The highest BCUT2D eigenvalue weighted by Crippen LogP contribution is 2.21. The molecule has 0 aromatic carbocycles. The molecule has 1 unspecified atom stereocenters. The molecule has 5 N–H and O–H groups in total. The SMILES string of the molecule is CN=C1C(=NCCSCc2csc(N=C(N)N)n2)NS(=O)(=O)C1C(C)=O. The molecule has 0 aliphatic carbocycles. The molecule has 1 saturated heterocycles. The van der Waals surface area contributed by atoms with Gasteiger partial charge in [-0.05, 0) is 6.92 Å². The van der Waals surface area contributed by atoms with Gasteiger partial charge in [0, 0.05) is 23.9 Å². The Morgan fingerprint density at radius 1 is 1.46 bits per heavy atom. The molecule has 142 valence electrons. The molecular weight excluding hydrogens is 398 g/mol. The van der Waals surface area contributed by atoms with Gasteiger partial charge in [0.2, 0.25) is 15.2 Å². The number of nitrogens with zero attached hydrogens (tertiary/aromatic N) is 4. The minimum atomic E-state index is -3.80. The molecule has 0 radical (unpaired) electrons. The smallest absolute Gasteiger partial charge is 0.249 e. The number of thiazole rings is 1. The van der Waals surface area contributed by atoms with E-state index in [9.17, 15) is 13.2 Å². The van der Waals surface area contributed by atoms with Crippen molar-refractivity contribution in [2.75, 3.05) is 19.3 Å². The molecule has 1 aromatic heterocycles. The predicted molar refractivity (Wildman–Crippen MR) is 106 cm³/mol. The molecule has 0 spiro atoms. The van der Waals surface area contributed by atoms with Crippen LogP contribution in [0.5, 0.6) is 0 Å². The summed E-state index contributed by atoms with van der Waals surface area (Å²) in [7, 11) is -2.36. The normalized spacial score (nSPS) is 21.7. The van der Waals surface area contributed by atoms with Gasteiger partial charge in [-0.1, -0.05) is 0 Å². The molecule has 10 nitrogen and oxygen atoms in total. The number of thioether (sulfide) groups is 1. The van der Waals surface area contributed by atoms with Gasteiger partial charge in [0.05, 0.1) is 12.2 Å². The largest absolute Gasteiger partial charge is 0.370 e. The Morgan fingerprint density at radius 3 is 2.81 bits per heavy atom. The van der Waals surface area contributed by atoms with E-state index in [1.165, 1.54) is 25.3 Å². The summed E-state index contributed by atoms with van der Waals surface area (Å²) in [6, 6.07) is 0.